The molecule has 0 spiro atoms. The van der Waals surface area contributed by atoms with Crippen molar-refractivity contribution >= 4 is 14.6 Å². The standard InChI is InChI=1S/C12H19N6OP/c1-15(2)12(10-8-6-5-7-9-10)14-11(13)17(20-19)18(12)16(3)4/h5-9H,1-4H3,(H2,13,14)/p+1. The van der Waals surface area contributed by atoms with Crippen LogP contribution in [0.1, 0.15) is 5.56 Å². The summed E-state index contributed by atoms with van der Waals surface area (Å²) in [5.74, 6) is -0.403. The topological polar surface area (TPSA) is 67.8 Å². The van der Waals surface area contributed by atoms with Crippen LogP contribution in [0.15, 0.2) is 30.3 Å². The molecule has 1 aliphatic heterocycles. The molecular formula is C12H20N6OP+. The molecule has 0 aromatic heterocycles. The molecule has 0 saturated carbocycles. The molecule has 1 heterocycles. The molecule has 8 heteroatoms. The first-order chi connectivity index (χ1) is 9.45. The smallest absolute Gasteiger partial charge is 0.288 e. The highest BCUT2D eigenvalue weighted by Gasteiger charge is 2.55. The van der Waals surface area contributed by atoms with Crippen molar-refractivity contribution in [2.45, 2.75) is 5.79 Å². The largest absolute Gasteiger partial charge is 0.387 e. The second-order valence-electron chi connectivity index (χ2n) is 4.95. The fraction of sp³-hybridized carbons (Fsp3) is 0.417. The van der Waals surface area contributed by atoms with E-state index in [0.717, 1.165) is 5.56 Å². The van der Waals surface area contributed by atoms with Crippen LogP contribution in [0.5, 0.6) is 0 Å². The third kappa shape index (κ3) is 2.04. The van der Waals surface area contributed by atoms with E-state index >= 15 is 0 Å². The van der Waals surface area contributed by atoms with Gasteiger partial charge in [0, 0.05) is 19.7 Å². The number of hydrogen-bond acceptors (Lipinski definition) is 6. The zero-order valence-corrected chi connectivity index (χ0v) is 13.0. The molecule has 0 aliphatic carbocycles. The number of hydrazine groups is 2. The molecule has 1 atom stereocenters. The zero-order valence-electron chi connectivity index (χ0n) is 12.1. The first kappa shape index (κ1) is 14.7. The Morgan fingerprint density at radius 2 is 1.85 bits per heavy atom. The predicted molar refractivity (Wildman–Crippen MR) is 77.5 cm³/mol. The molecular weight excluding hydrogens is 275 g/mol. The quantitative estimate of drug-likeness (QED) is 0.773. The van der Waals surface area contributed by atoms with Crippen molar-refractivity contribution in [3.8, 4) is 0 Å². The number of nitrogens with two attached hydrogens (primary N) is 1. The summed E-state index contributed by atoms with van der Waals surface area (Å²) in [6.45, 7) is 0. The minimum Gasteiger partial charge on any atom is -0.288 e. The van der Waals surface area contributed by atoms with Gasteiger partial charge in [-0.05, 0) is 14.1 Å². The fourth-order valence-electron chi connectivity index (χ4n) is 2.46. The fourth-order valence-corrected chi connectivity index (χ4v) is 2.96. The van der Waals surface area contributed by atoms with E-state index in [1.54, 1.807) is 0 Å². The monoisotopic (exact) mass is 295 g/mol. The summed E-state index contributed by atoms with van der Waals surface area (Å²) in [5.41, 5.74) is 6.99. The molecule has 1 aliphatic rings. The van der Waals surface area contributed by atoms with E-state index in [1.165, 1.54) is 4.46 Å². The van der Waals surface area contributed by atoms with Crippen molar-refractivity contribution < 1.29 is 9.02 Å². The number of benzene rings is 1. The molecule has 0 radical (unpaired) electrons. The normalized spacial score (nSPS) is 23.0. The van der Waals surface area contributed by atoms with Crippen molar-refractivity contribution in [2.75, 3.05) is 28.2 Å². The highest BCUT2D eigenvalue weighted by atomic mass is 31.1. The van der Waals surface area contributed by atoms with Crippen molar-refractivity contribution in [3.63, 3.8) is 0 Å². The average Bonchev–Trinajstić information content (AvgIpc) is 2.73. The van der Waals surface area contributed by atoms with Crippen LogP contribution in [0.4, 0.5) is 0 Å². The van der Waals surface area contributed by atoms with Crippen LogP contribution in [0.2, 0.25) is 0 Å². The van der Waals surface area contributed by atoms with Gasteiger partial charge >= 0.3 is 14.6 Å². The van der Waals surface area contributed by atoms with Gasteiger partial charge < -0.3 is 0 Å². The molecule has 1 aromatic rings. The summed E-state index contributed by atoms with van der Waals surface area (Å²) >= 11 is 0. The lowest BCUT2D eigenvalue weighted by Gasteiger charge is -2.42. The maximum atomic E-state index is 11.5. The van der Waals surface area contributed by atoms with Crippen LogP contribution in [0, 0.1) is 0 Å². The van der Waals surface area contributed by atoms with Gasteiger partial charge in [0.1, 0.15) is 0 Å². The van der Waals surface area contributed by atoms with Crippen molar-refractivity contribution in [2.24, 2.45) is 5.73 Å². The number of hydrazone groups is 1. The molecule has 0 bridgehead atoms. The SMILES string of the molecule is CN(C)N1[N+](P=O)=C(N)NC1(c1ccccc1)N(C)C. The minimum absolute atomic E-state index is 0.203. The van der Waals surface area contributed by atoms with Crippen LogP contribution in [0.25, 0.3) is 0 Å². The third-order valence-corrected chi connectivity index (χ3v) is 3.81. The van der Waals surface area contributed by atoms with E-state index in [1.807, 2.05) is 73.5 Å². The summed E-state index contributed by atoms with van der Waals surface area (Å²) in [6, 6.07) is 9.89. The summed E-state index contributed by atoms with van der Waals surface area (Å²) in [6.07, 6.45) is 0. The van der Waals surface area contributed by atoms with E-state index in [4.69, 9.17) is 5.73 Å². The molecule has 1 aromatic carbocycles. The highest BCUT2D eigenvalue weighted by molar-refractivity contribution is 7.15. The van der Waals surface area contributed by atoms with E-state index in [9.17, 15) is 4.57 Å². The number of nitrogens with zero attached hydrogens (tertiary/aromatic N) is 4. The number of guanidine groups is 1. The summed E-state index contributed by atoms with van der Waals surface area (Å²) in [5, 5.41) is 6.89. The van der Waals surface area contributed by atoms with Gasteiger partial charge in [0.2, 0.25) is 0 Å². The third-order valence-electron chi connectivity index (χ3n) is 3.27. The van der Waals surface area contributed by atoms with Gasteiger partial charge in [-0.25, -0.2) is 14.8 Å². The van der Waals surface area contributed by atoms with Gasteiger partial charge in [-0.3, -0.25) is 5.73 Å². The Balaban J connectivity index is 2.63. The average molecular weight is 295 g/mol. The highest BCUT2D eigenvalue weighted by Crippen LogP contribution is 2.33. The predicted octanol–water partition coefficient (Wildman–Crippen LogP) is 0.189. The van der Waals surface area contributed by atoms with E-state index in [2.05, 4.69) is 5.32 Å². The van der Waals surface area contributed by atoms with E-state index in [0.29, 0.717) is 5.96 Å². The van der Waals surface area contributed by atoms with Gasteiger partial charge in [0.25, 0.3) is 5.79 Å². The van der Waals surface area contributed by atoms with Crippen LogP contribution >= 0.6 is 8.61 Å². The van der Waals surface area contributed by atoms with Crippen LogP contribution in [-0.2, 0) is 10.4 Å². The van der Waals surface area contributed by atoms with Crippen LogP contribution in [0.3, 0.4) is 0 Å². The molecule has 1 unspecified atom stereocenters. The summed E-state index contributed by atoms with van der Waals surface area (Å²) < 4.78 is 12.9. The molecule has 20 heavy (non-hydrogen) atoms. The summed E-state index contributed by atoms with van der Waals surface area (Å²) in [7, 11) is 7.42. The number of hydrogen-bond donors (Lipinski definition) is 2. The lowest BCUT2D eigenvalue weighted by atomic mass is 10.1. The van der Waals surface area contributed by atoms with Crippen molar-refractivity contribution in [3.05, 3.63) is 35.9 Å². The molecule has 2 rings (SSSR count). The van der Waals surface area contributed by atoms with Crippen LogP contribution < -0.4 is 11.1 Å². The second kappa shape index (κ2) is 5.36. The minimum atomic E-state index is -0.730. The maximum Gasteiger partial charge on any atom is 0.387 e. The Morgan fingerprint density at radius 3 is 2.30 bits per heavy atom. The molecule has 7 nitrogen and oxygen atoms in total. The Kier molecular flexibility index (Phi) is 3.94. The second-order valence-corrected chi connectivity index (χ2v) is 5.49. The van der Waals surface area contributed by atoms with Gasteiger partial charge in [-0.15, -0.1) is 5.12 Å². The lowest BCUT2D eigenvalue weighted by molar-refractivity contribution is -0.635. The Morgan fingerprint density at radius 1 is 1.25 bits per heavy atom. The number of nitrogens with one attached hydrogen (secondary N) is 1. The van der Waals surface area contributed by atoms with E-state index < -0.39 is 5.79 Å². The maximum absolute atomic E-state index is 11.5. The van der Waals surface area contributed by atoms with Gasteiger partial charge in [0.05, 0.1) is 0 Å². The zero-order chi connectivity index (χ0) is 14.9. The summed E-state index contributed by atoms with van der Waals surface area (Å²) in [4.78, 5) is 1.99. The molecule has 0 amide bonds. The first-order valence-corrected chi connectivity index (χ1v) is 6.96. The van der Waals surface area contributed by atoms with Gasteiger partial charge in [-0.2, -0.15) is 5.01 Å². The molecule has 3 N–H and O–H groups in total. The molecule has 0 saturated heterocycles. The lowest BCUT2D eigenvalue weighted by Crippen LogP contribution is -2.64. The van der Waals surface area contributed by atoms with E-state index in [-0.39, 0.29) is 8.61 Å². The van der Waals surface area contributed by atoms with Gasteiger partial charge in [-0.1, -0.05) is 34.8 Å². The van der Waals surface area contributed by atoms with Gasteiger partial charge in [0.15, 0.2) is 0 Å². The molecule has 108 valence electrons. The molecule has 0 fully saturated rings. The van der Waals surface area contributed by atoms with Crippen molar-refractivity contribution in [1.82, 2.24) is 20.3 Å². The first-order valence-electron chi connectivity index (χ1n) is 6.19. The number of rotatable bonds is 4. The Bertz CT molecular complexity index is 532. The van der Waals surface area contributed by atoms with Crippen LogP contribution in [-0.4, -0.2) is 53.6 Å². The Hall–Kier alpha value is -1.69. The van der Waals surface area contributed by atoms with Crippen molar-refractivity contribution in [1.29, 1.82) is 0 Å². The Labute approximate surface area is 120 Å².